The topological polar surface area (TPSA) is 33.2 Å². The molecular formula is C16H19ClN2O. The highest BCUT2D eigenvalue weighted by Crippen LogP contribution is 2.25. The minimum absolute atomic E-state index is 0.0159. The molecule has 2 rings (SSSR count). The number of hydrogen-bond acceptors (Lipinski definition) is 2. The van der Waals surface area contributed by atoms with Gasteiger partial charge in [0.05, 0.1) is 5.56 Å². The van der Waals surface area contributed by atoms with Crippen molar-refractivity contribution in [3.8, 4) is 0 Å². The summed E-state index contributed by atoms with van der Waals surface area (Å²) in [6.45, 7) is 6.87. The van der Waals surface area contributed by atoms with Crippen LogP contribution in [-0.2, 0) is 0 Å². The molecule has 0 saturated heterocycles. The largest absolute Gasteiger partial charge is 0.336 e. The third-order valence-electron chi connectivity index (χ3n) is 3.33. The van der Waals surface area contributed by atoms with E-state index in [-0.39, 0.29) is 11.9 Å². The van der Waals surface area contributed by atoms with E-state index >= 15 is 0 Å². The Hall–Kier alpha value is -1.61. The molecule has 4 heteroatoms. The number of fused-ring (bicyclic) bond motifs is 1. The molecule has 0 aliphatic carbocycles. The predicted molar refractivity (Wildman–Crippen MR) is 83.2 cm³/mol. The lowest BCUT2D eigenvalue weighted by Crippen LogP contribution is -2.37. The zero-order valence-electron chi connectivity index (χ0n) is 12.1. The summed E-state index contributed by atoms with van der Waals surface area (Å²) in [5.74, 6) is 0.0159. The first-order chi connectivity index (χ1) is 9.56. The summed E-state index contributed by atoms with van der Waals surface area (Å²) < 4.78 is 0. The van der Waals surface area contributed by atoms with Crippen LogP contribution in [0.2, 0.25) is 5.15 Å². The van der Waals surface area contributed by atoms with Gasteiger partial charge in [0.1, 0.15) is 5.15 Å². The second-order valence-electron chi connectivity index (χ2n) is 5.10. The average molecular weight is 291 g/mol. The van der Waals surface area contributed by atoms with E-state index in [0.29, 0.717) is 10.7 Å². The van der Waals surface area contributed by atoms with Crippen LogP contribution in [0.5, 0.6) is 0 Å². The van der Waals surface area contributed by atoms with Gasteiger partial charge in [0.15, 0.2) is 0 Å². The van der Waals surface area contributed by atoms with Crippen LogP contribution < -0.4 is 0 Å². The minimum atomic E-state index is 0.0159. The highest BCUT2D eigenvalue weighted by atomic mass is 35.5. The van der Waals surface area contributed by atoms with Gasteiger partial charge in [-0.1, -0.05) is 42.8 Å². The van der Waals surface area contributed by atoms with Gasteiger partial charge < -0.3 is 4.90 Å². The first-order valence-electron chi connectivity index (χ1n) is 6.90. The summed E-state index contributed by atoms with van der Waals surface area (Å²) in [7, 11) is 0. The summed E-state index contributed by atoms with van der Waals surface area (Å²) >= 11 is 6.10. The van der Waals surface area contributed by atoms with Crippen LogP contribution in [0, 0.1) is 0 Å². The molecule has 0 atom stereocenters. The van der Waals surface area contributed by atoms with Gasteiger partial charge >= 0.3 is 0 Å². The maximum Gasteiger partial charge on any atom is 0.256 e. The van der Waals surface area contributed by atoms with Crippen molar-refractivity contribution in [2.24, 2.45) is 0 Å². The van der Waals surface area contributed by atoms with Gasteiger partial charge in [-0.2, -0.15) is 0 Å². The van der Waals surface area contributed by atoms with Crippen LogP contribution in [0.4, 0.5) is 0 Å². The van der Waals surface area contributed by atoms with E-state index in [9.17, 15) is 4.79 Å². The first kappa shape index (κ1) is 14.8. The molecule has 0 spiro atoms. The van der Waals surface area contributed by atoms with Crippen molar-refractivity contribution in [1.82, 2.24) is 9.88 Å². The van der Waals surface area contributed by atoms with Crippen molar-refractivity contribution in [2.45, 2.75) is 33.2 Å². The quantitative estimate of drug-likeness (QED) is 0.793. The summed E-state index contributed by atoms with van der Waals surface area (Å²) in [5, 5.41) is 2.11. The Kier molecular flexibility index (Phi) is 4.61. The molecule has 20 heavy (non-hydrogen) atoms. The number of hydrogen-bond donors (Lipinski definition) is 0. The second-order valence-corrected chi connectivity index (χ2v) is 5.46. The number of amides is 1. The van der Waals surface area contributed by atoms with Gasteiger partial charge in [0.2, 0.25) is 0 Å². The molecule has 106 valence electrons. The zero-order valence-corrected chi connectivity index (χ0v) is 12.8. The molecule has 0 unspecified atom stereocenters. The molecule has 0 fully saturated rings. The molecular weight excluding hydrogens is 272 g/mol. The Morgan fingerprint density at radius 2 is 1.95 bits per heavy atom. The summed E-state index contributed by atoms with van der Waals surface area (Å²) in [4.78, 5) is 18.8. The molecule has 0 aliphatic heterocycles. The van der Waals surface area contributed by atoms with E-state index in [1.54, 1.807) is 6.20 Å². The number of rotatable bonds is 4. The van der Waals surface area contributed by atoms with Crippen LogP contribution in [0.3, 0.4) is 0 Å². The monoisotopic (exact) mass is 290 g/mol. The maximum absolute atomic E-state index is 12.7. The van der Waals surface area contributed by atoms with Crippen molar-refractivity contribution >= 4 is 28.3 Å². The van der Waals surface area contributed by atoms with E-state index in [2.05, 4.69) is 11.9 Å². The fraction of sp³-hybridized carbons (Fsp3) is 0.375. The number of nitrogens with zero attached hydrogens (tertiary/aromatic N) is 2. The predicted octanol–water partition coefficient (Wildman–Crippen LogP) is 4.15. The molecule has 1 aromatic carbocycles. The number of benzene rings is 1. The van der Waals surface area contributed by atoms with E-state index in [0.717, 1.165) is 23.7 Å². The smallest absolute Gasteiger partial charge is 0.256 e. The van der Waals surface area contributed by atoms with E-state index in [1.807, 2.05) is 43.0 Å². The minimum Gasteiger partial charge on any atom is -0.336 e. The van der Waals surface area contributed by atoms with Crippen LogP contribution in [0.1, 0.15) is 37.6 Å². The number of carbonyl (C=O) groups is 1. The molecule has 0 saturated carbocycles. The van der Waals surface area contributed by atoms with E-state index in [4.69, 9.17) is 11.6 Å². The normalized spacial score (nSPS) is 11.1. The lowest BCUT2D eigenvalue weighted by Gasteiger charge is -2.26. The standard InChI is InChI=1S/C16H19ClN2O/c1-4-9-19(11(2)3)16(20)14-10-18-15(17)13-8-6-5-7-12(13)14/h5-8,10-11H,4,9H2,1-3H3. The SMILES string of the molecule is CCCN(C(=O)c1cnc(Cl)c2ccccc12)C(C)C. The lowest BCUT2D eigenvalue weighted by atomic mass is 10.1. The summed E-state index contributed by atoms with van der Waals surface area (Å²) in [5.41, 5.74) is 0.618. The number of aromatic nitrogens is 1. The fourth-order valence-corrected chi connectivity index (χ4v) is 2.53. The summed E-state index contributed by atoms with van der Waals surface area (Å²) in [6.07, 6.45) is 2.51. The Bertz CT molecular complexity index is 625. The molecule has 1 heterocycles. The van der Waals surface area contributed by atoms with Gasteiger partial charge in [0.25, 0.3) is 5.91 Å². The zero-order chi connectivity index (χ0) is 14.7. The molecule has 1 amide bonds. The van der Waals surface area contributed by atoms with Crippen molar-refractivity contribution in [1.29, 1.82) is 0 Å². The second kappa shape index (κ2) is 6.23. The van der Waals surface area contributed by atoms with Crippen molar-refractivity contribution in [3.05, 3.63) is 41.2 Å². The first-order valence-corrected chi connectivity index (χ1v) is 7.28. The Labute approximate surface area is 124 Å². The van der Waals surface area contributed by atoms with Crippen LogP contribution in [0.25, 0.3) is 10.8 Å². The Morgan fingerprint density at radius 1 is 1.30 bits per heavy atom. The molecule has 2 aromatic rings. The highest BCUT2D eigenvalue weighted by Gasteiger charge is 2.20. The van der Waals surface area contributed by atoms with Crippen LogP contribution >= 0.6 is 11.6 Å². The molecule has 0 N–H and O–H groups in total. The van der Waals surface area contributed by atoms with Crippen LogP contribution in [0.15, 0.2) is 30.5 Å². The van der Waals surface area contributed by atoms with E-state index in [1.165, 1.54) is 0 Å². The number of carbonyl (C=O) groups excluding carboxylic acids is 1. The van der Waals surface area contributed by atoms with Gasteiger partial charge in [-0.15, -0.1) is 0 Å². The van der Waals surface area contributed by atoms with Crippen LogP contribution in [-0.4, -0.2) is 28.4 Å². The maximum atomic E-state index is 12.7. The average Bonchev–Trinajstić information content (AvgIpc) is 2.44. The third kappa shape index (κ3) is 2.78. The van der Waals surface area contributed by atoms with Gasteiger partial charge in [-0.25, -0.2) is 4.98 Å². The molecule has 3 nitrogen and oxygen atoms in total. The van der Waals surface area contributed by atoms with Gasteiger partial charge in [-0.3, -0.25) is 4.79 Å². The Morgan fingerprint density at radius 3 is 2.55 bits per heavy atom. The highest BCUT2D eigenvalue weighted by molar-refractivity contribution is 6.34. The van der Waals surface area contributed by atoms with Crippen molar-refractivity contribution in [3.63, 3.8) is 0 Å². The van der Waals surface area contributed by atoms with E-state index < -0.39 is 0 Å². The third-order valence-corrected chi connectivity index (χ3v) is 3.63. The molecule has 1 aromatic heterocycles. The number of halogens is 1. The molecule has 0 bridgehead atoms. The fourth-order valence-electron chi connectivity index (χ4n) is 2.32. The Balaban J connectivity index is 2.52. The lowest BCUT2D eigenvalue weighted by molar-refractivity contribution is 0.0707. The molecule has 0 radical (unpaired) electrons. The van der Waals surface area contributed by atoms with Gasteiger partial charge in [0, 0.05) is 24.2 Å². The van der Waals surface area contributed by atoms with Crippen molar-refractivity contribution in [2.75, 3.05) is 6.54 Å². The van der Waals surface area contributed by atoms with Gasteiger partial charge in [-0.05, 0) is 25.7 Å². The molecule has 0 aliphatic rings. The summed E-state index contributed by atoms with van der Waals surface area (Å²) in [6, 6.07) is 7.78. The van der Waals surface area contributed by atoms with Crippen molar-refractivity contribution < 1.29 is 4.79 Å². The number of pyridine rings is 1.